The van der Waals surface area contributed by atoms with Crippen LogP contribution in [0.5, 0.6) is 0 Å². The van der Waals surface area contributed by atoms with E-state index in [0.717, 1.165) is 18.5 Å². The average Bonchev–Trinajstić information content (AvgIpc) is 3.15. The molecule has 1 unspecified atom stereocenters. The van der Waals surface area contributed by atoms with Gasteiger partial charge in [-0.15, -0.1) is 16.8 Å². The number of halogens is 1. The number of carbonyl (C=O) groups is 1. The van der Waals surface area contributed by atoms with Crippen molar-refractivity contribution in [3.05, 3.63) is 72.6 Å². The van der Waals surface area contributed by atoms with Gasteiger partial charge in [0.1, 0.15) is 5.82 Å². The van der Waals surface area contributed by atoms with E-state index in [1.54, 1.807) is 28.8 Å². The normalized spacial score (nSPS) is 14.3. The molecule has 0 saturated carbocycles. The van der Waals surface area contributed by atoms with Crippen LogP contribution in [0, 0.1) is 5.82 Å². The highest BCUT2D eigenvalue weighted by Gasteiger charge is 2.28. The molecule has 2 heterocycles. The van der Waals surface area contributed by atoms with Gasteiger partial charge in [-0.25, -0.2) is 4.39 Å². The number of thioether (sulfide) groups is 1. The summed E-state index contributed by atoms with van der Waals surface area (Å²) in [5.41, 5.74) is 2.56. The maximum Gasteiger partial charge on any atom is 0.240 e. The number of para-hydroxylation sites is 1. The molecule has 5 nitrogen and oxygen atoms in total. The first-order valence-corrected chi connectivity index (χ1v) is 10.8. The molecular weight excluding hydrogens is 399 g/mol. The highest BCUT2D eigenvalue weighted by molar-refractivity contribution is 8.00. The summed E-state index contributed by atoms with van der Waals surface area (Å²) in [6.07, 6.45) is 3.65. The first-order valence-electron chi connectivity index (χ1n) is 9.95. The van der Waals surface area contributed by atoms with E-state index in [4.69, 9.17) is 0 Å². The van der Waals surface area contributed by atoms with Crippen molar-refractivity contribution in [2.24, 2.45) is 0 Å². The van der Waals surface area contributed by atoms with Gasteiger partial charge in [-0.05, 0) is 43.5 Å². The first-order chi connectivity index (χ1) is 14.6. The molecule has 0 bridgehead atoms. The largest absolute Gasteiger partial charge is 0.311 e. The van der Waals surface area contributed by atoms with E-state index < -0.39 is 0 Å². The summed E-state index contributed by atoms with van der Waals surface area (Å²) in [4.78, 5) is 15.1. The summed E-state index contributed by atoms with van der Waals surface area (Å²) in [5, 5.41) is 8.67. The van der Waals surface area contributed by atoms with Gasteiger partial charge in [-0.2, -0.15) is 0 Å². The first kappa shape index (κ1) is 20.3. The smallest absolute Gasteiger partial charge is 0.240 e. The molecule has 30 heavy (non-hydrogen) atoms. The highest BCUT2D eigenvalue weighted by Crippen LogP contribution is 2.32. The van der Waals surface area contributed by atoms with E-state index in [1.807, 2.05) is 30.0 Å². The van der Waals surface area contributed by atoms with Crippen molar-refractivity contribution in [2.75, 3.05) is 11.4 Å². The van der Waals surface area contributed by atoms with Crippen LogP contribution in [0.15, 0.2) is 66.3 Å². The van der Waals surface area contributed by atoms with Crippen LogP contribution in [-0.2, 0) is 17.8 Å². The molecule has 154 valence electrons. The molecular formula is C23H23FN4OS. The number of anilines is 1. The van der Waals surface area contributed by atoms with Crippen molar-refractivity contribution in [1.29, 1.82) is 0 Å². The van der Waals surface area contributed by atoms with Crippen LogP contribution >= 0.6 is 11.8 Å². The minimum Gasteiger partial charge on any atom is -0.311 e. The van der Waals surface area contributed by atoms with Gasteiger partial charge in [0.25, 0.3) is 0 Å². The quantitative estimate of drug-likeness (QED) is 0.426. The Balaban J connectivity index is 1.59. The number of fused-ring (bicyclic) bond motifs is 1. The lowest BCUT2D eigenvalue weighted by Gasteiger charge is -2.31. The molecule has 1 atom stereocenters. The van der Waals surface area contributed by atoms with E-state index in [1.165, 1.54) is 23.4 Å². The second-order valence-electron chi connectivity index (χ2n) is 7.17. The van der Waals surface area contributed by atoms with Crippen LogP contribution in [0.25, 0.3) is 11.4 Å². The Morgan fingerprint density at radius 2 is 2.00 bits per heavy atom. The van der Waals surface area contributed by atoms with Crippen LogP contribution in [0.3, 0.4) is 0 Å². The fourth-order valence-corrected chi connectivity index (χ4v) is 4.62. The summed E-state index contributed by atoms with van der Waals surface area (Å²) >= 11 is 1.34. The number of aryl methyl sites for hydroxylation is 1. The van der Waals surface area contributed by atoms with E-state index in [9.17, 15) is 9.18 Å². The number of aromatic nitrogens is 3. The third-order valence-electron chi connectivity index (χ3n) is 5.15. The zero-order valence-corrected chi connectivity index (χ0v) is 17.6. The number of nitrogens with zero attached hydrogens (tertiary/aromatic N) is 4. The van der Waals surface area contributed by atoms with Crippen molar-refractivity contribution in [1.82, 2.24) is 14.8 Å². The number of benzene rings is 2. The van der Waals surface area contributed by atoms with Gasteiger partial charge in [0, 0.05) is 18.8 Å². The van der Waals surface area contributed by atoms with Crippen molar-refractivity contribution >= 4 is 23.4 Å². The molecule has 0 radical (unpaired) electrons. The fraction of sp³-hybridized carbons (Fsp3) is 0.261. The van der Waals surface area contributed by atoms with Crippen molar-refractivity contribution in [3.8, 4) is 11.4 Å². The molecule has 1 aromatic heterocycles. The molecule has 0 spiro atoms. The van der Waals surface area contributed by atoms with Crippen LogP contribution in [0.1, 0.15) is 18.9 Å². The minimum atomic E-state index is -0.364. The molecule has 3 aromatic rings. The maximum absolute atomic E-state index is 14.3. The maximum atomic E-state index is 14.3. The van der Waals surface area contributed by atoms with Gasteiger partial charge >= 0.3 is 0 Å². The second kappa shape index (κ2) is 8.83. The molecule has 0 fully saturated rings. The van der Waals surface area contributed by atoms with E-state index in [2.05, 4.69) is 22.8 Å². The molecule has 1 amide bonds. The topological polar surface area (TPSA) is 51.0 Å². The Morgan fingerprint density at radius 1 is 1.23 bits per heavy atom. The highest BCUT2D eigenvalue weighted by atomic mass is 32.2. The summed E-state index contributed by atoms with van der Waals surface area (Å²) in [6, 6.07) is 14.5. The van der Waals surface area contributed by atoms with Crippen LogP contribution in [0.4, 0.5) is 10.1 Å². The number of carbonyl (C=O) groups excluding carboxylic acids is 1. The third-order valence-corrected chi connectivity index (χ3v) is 6.22. The van der Waals surface area contributed by atoms with Gasteiger partial charge in [0.05, 0.1) is 10.8 Å². The molecule has 1 aliphatic rings. The van der Waals surface area contributed by atoms with Crippen LogP contribution in [0.2, 0.25) is 0 Å². The molecule has 4 rings (SSSR count). The monoisotopic (exact) mass is 422 g/mol. The lowest BCUT2D eigenvalue weighted by atomic mass is 10.0. The Morgan fingerprint density at radius 3 is 2.80 bits per heavy atom. The van der Waals surface area contributed by atoms with E-state index >= 15 is 0 Å². The van der Waals surface area contributed by atoms with Gasteiger partial charge in [-0.1, -0.05) is 48.2 Å². The second-order valence-corrected chi connectivity index (χ2v) is 8.48. The Hall–Kier alpha value is -2.93. The average molecular weight is 423 g/mol. The Bertz CT molecular complexity index is 1080. The van der Waals surface area contributed by atoms with Crippen LogP contribution < -0.4 is 4.90 Å². The van der Waals surface area contributed by atoms with Crippen molar-refractivity contribution < 1.29 is 9.18 Å². The molecule has 2 aromatic carbocycles. The van der Waals surface area contributed by atoms with Crippen LogP contribution in [-0.4, -0.2) is 32.5 Å². The summed E-state index contributed by atoms with van der Waals surface area (Å²) < 4.78 is 16.1. The Kier molecular flexibility index (Phi) is 5.99. The van der Waals surface area contributed by atoms with Gasteiger partial charge in [0.2, 0.25) is 5.91 Å². The number of hydrogen-bond acceptors (Lipinski definition) is 4. The number of allylic oxidation sites excluding steroid dienone is 1. The third kappa shape index (κ3) is 3.89. The van der Waals surface area contributed by atoms with Gasteiger partial charge < -0.3 is 4.90 Å². The van der Waals surface area contributed by atoms with Gasteiger partial charge in [0.15, 0.2) is 11.0 Å². The lowest BCUT2D eigenvalue weighted by Crippen LogP contribution is -2.40. The number of rotatable bonds is 6. The SMILES string of the molecule is C=CCn1c(SC(C)C(=O)N2CCCc3ccccc32)nnc1-c1ccccc1F. The predicted octanol–water partition coefficient (Wildman–Crippen LogP) is 4.73. The van der Waals surface area contributed by atoms with Crippen molar-refractivity contribution in [3.63, 3.8) is 0 Å². The minimum absolute atomic E-state index is 0.0349. The fourth-order valence-electron chi connectivity index (χ4n) is 3.70. The number of hydrogen-bond donors (Lipinski definition) is 0. The van der Waals surface area contributed by atoms with Gasteiger partial charge in [-0.3, -0.25) is 9.36 Å². The summed E-state index contributed by atoms with van der Waals surface area (Å²) in [6.45, 7) is 6.80. The van der Waals surface area contributed by atoms with E-state index in [0.29, 0.717) is 29.6 Å². The molecule has 0 N–H and O–H groups in total. The Labute approximate surface area is 179 Å². The summed E-state index contributed by atoms with van der Waals surface area (Å²) in [7, 11) is 0. The standard InChI is InChI=1S/C23H23FN4OS/c1-3-14-28-21(18-11-5-6-12-19(18)24)25-26-23(28)30-16(2)22(29)27-15-8-10-17-9-4-7-13-20(17)27/h3-7,9,11-13,16H,1,8,10,14-15H2,2H3. The number of amides is 1. The lowest BCUT2D eigenvalue weighted by molar-refractivity contribution is -0.117. The van der Waals surface area contributed by atoms with Crippen molar-refractivity contribution in [2.45, 2.75) is 36.7 Å². The zero-order chi connectivity index (χ0) is 21.1. The molecule has 1 aliphatic heterocycles. The molecule has 0 aliphatic carbocycles. The molecule has 7 heteroatoms. The molecule has 0 saturated heterocycles. The summed E-state index contributed by atoms with van der Waals surface area (Å²) in [5.74, 6) is 0.104. The zero-order valence-electron chi connectivity index (χ0n) is 16.8. The van der Waals surface area contributed by atoms with E-state index in [-0.39, 0.29) is 17.0 Å². The predicted molar refractivity (Wildman–Crippen MR) is 118 cm³/mol.